The smallest absolute Gasteiger partial charge is 0.0169 e. The van der Waals surface area contributed by atoms with Crippen molar-refractivity contribution in [3.8, 4) is 0 Å². The minimum Gasteiger partial charge on any atom is -0.257 e. The van der Waals surface area contributed by atoms with Gasteiger partial charge in [-0.1, -0.05) is 12.2 Å². The molecule has 2 atom stereocenters. The van der Waals surface area contributed by atoms with Crippen molar-refractivity contribution in [1.29, 1.82) is 0 Å². The molecule has 0 amide bonds. The summed E-state index contributed by atoms with van der Waals surface area (Å²) in [4.78, 5) is 0. The fourth-order valence-electron chi connectivity index (χ4n) is 1.20. The van der Waals surface area contributed by atoms with Gasteiger partial charge < -0.3 is 0 Å². The quantitative estimate of drug-likeness (QED) is 0.549. The number of hydrazine groups is 1. The Labute approximate surface area is 62.0 Å². The topological polar surface area (TPSA) is 24.1 Å². The monoisotopic (exact) mass is 138 g/mol. The molecule has 10 heavy (non-hydrogen) atoms. The molecule has 0 aliphatic carbocycles. The molecule has 0 aromatic carbocycles. The van der Waals surface area contributed by atoms with Crippen LogP contribution in [-0.2, 0) is 0 Å². The second kappa shape index (κ2) is 3.54. The molecule has 1 saturated heterocycles. The van der Waals surface area contributed by atoms with Crippen LogP contribution >= 0.6 is 0 Å². The summed E-state index contributed by atoms with van der Waals surface area (Å²) in [5.74, 6) is 1.08. The molecule has 0 aromatic rings. The lowest BCUT2D eigenvalue weighted by Gasteiger charge is -2.27. The van der Waals surface area contributed by atoms with Gasteiger partial charge in [0.15, 0.2) is 0 Å². The van der Waals surface area contributed by atoms with Crippen LogP contribution in [-0.4, -0.2) is 13.1 Å². The molecule has 0 saturated carbocycles. The predicted molar refractivity (Wildman–Crippen MR) is 43.4 cm³/mol. The van der Waals surface area contributed by atoms with E-state index in [2.05, 4.69) is 24.0 Å². The number of hydrogen-bond donors (Lipinski definition) is 2. The van der Waals surface area contributed by atoms with Gasteiger partial charge in [-0.2, -0.15) is 0 Å². The van der Waals surface area contributed by atoms with Crippen molar-refractivity contribution >= 4 is 0 Å². The summed E-state index contributed by atoms with van der Waals surface area (Å²) in [5.41, 5.74) is 6.16. The Morgan fingerprint density at radius 2 is 1.40 bits per heavy atom. The number of rotatable bonds is 2. The van der Waals surface area contributed by atoms with Crippen molar-refractivity contribution in [3.05, 3.63) is 25.3 Å². The van der Waals surface area contributed by atoms with Gasteiger partial charge in [-0.15, -0.1) is 13.2 Å². The third kappa shape index (κ3) is 1.46. The highest BCUT2D eigenvalue weighted by Crippen LogP contribution is 2.14. The van der Waals surface area contributed by atoms with Gasteiger partial charge in [-0.25, -0.2) is 0 Å². The zero-order valence-electron chi connectivity index (χ0n) is 6.14. The lowest BCUT2D eigenvalue weighted by Crippen LogP contribution is -2.47. The molecular formula is C8H14N2. The lowest BCUT2D eigenvalue weighted by atomic mass is 9.91. The van der Waals surface area contributed by atoms with Crippen LogP contribution in [0.15, 0.2) is 25.3 Å². The van der Waals surface area contributed by atoms with E-state index < -0.39 is 0 Å². The normalized spacial score (nSPS) is 33.2. The molecule has 1 heterocycles. The summed E-state index contributed by atoms with van der Waals surface area (Å²) in [6.45, 7) is 9.45. The fraction of sp³-hybridized carbons (Fsp3) is 0.500. The van der Waals surface area contributed by atoms with Crippen LogP contribution in [0.1, 0.15) is 0 Å². The van der Waals surface area contributed by atoms with Gasteiger partial charge in [0, 0.05) is 13.1 Å². The van der Waals surface area contributed by atoms with Crippen molar-refractivity contribution in [2.75, 3.05) is 13.1 Å². The highest BCUT2D eigenvalue weighted by atomic mass is 15.4. The van der Waals surface area contributed by atoms with E-state index in [-0.39, 0.29) is 0 Å². The van der Waals surface area contributed by atoms with E-state index in [0.29, 0.717) is 11.8 Å². The molecule has 1 aliphatic heterocycles. The van der Waals surface area contributed by atoms with Crippen LogP contribution in [0, 0.1) is 11.8 Å². The maximum absolute atomic E-state index is 3.77. The predicted octanol–water partition coefficient (Wildman–Crippen LogP) is 0.699. The molecular weight excluding hydrogens is 124 g/mol. The van der Waals surface area contributed by atoms with E-state index in [1.807, 2.05) is 12.2 Å². The Hall–Kier alpha value is -0.600. The minimum atomic E-state index is 0.541. The van der Waals surface area contributed by atoms with Gasteiger partial charge in [0.05, 0.1) is 0 Å². The minimum absolute atomic E-state index is 0.541. The van der Waals surface area contributed by atoms with Crippen molar-refractivity contribution in [2.24, 2.45) is 11.8 Å². The van der Waals surface area contributed by atoms with Crippen molar-refractivity contribution in [2.45, 2.75) is 0 Å². The second-order valence-corrected chi connectivity index (χ2v) is 2.56. The average Bonchev–Trinajstić information content (AvgIpc) is 2.04. The van der Waals surface area contributed by atoms with Crippen LogP contribution in [0.5, 0.6) is 0 Å². The highest BCUT2D eigenvalue weighted by Gasteiger charge is 2.18. The molecule has 1 rings (SSSR count). The van der Waals surface area contributed by atoms with Crippen molar-refractivity contribution in [3.63, 3.8) is 0 Å². The molecule has 2 nitrogen and oxygen atoms in total. The summed E-state index contributed by atoms with van der Waals surface area (Å²) < 4.78 is 0. The van der Waals surface area contributed by atoms with Crippen LogP contribution in [0.2, 0.25) is 0 Å². The Morgan fingerprint density at radius 3 is 1.70 bits per heavy atom. The molecule has 1 aliphatic rings. The summed E-state index contributed by atoms with van der Waals surface area (Å²) in [6, 6.07) is 0. The second-order valence-electron chi connectivity index (χ2n) is 2.56. The Morgan fingerprint density at radius 1 is 1.00 bits per heavy atom. The number of nitrogens with one attached hydrogen (secondary N) is 2. The van der Waals surface area contributed by atoms with Gasteiger partial charge in [-0.3, -0.25) is 10.9 Å². The maximum atomic E-state index is 3.77. The molecule has 0 aromatic heterocycles. The Bertz CT molecular complexity index is 115. The zero-order valence-corrected chi connectivity index (χ0v) is 6.14. The average molecular weight is 138 g/mol. The van der Waals surface area contributed by atoms with E-state index >= 15 is 0 Å². The van der Waals surface area contributed by atoms with E-state index in [4.69, 9.17) is 0 Å². The maximum Gasteiger partial charge on any atom is 0.0169 e. The standard InChI is InChI=1S/C8H14N2/c1-3-7-5-9-10-6-8(7)4-2/h3-4,7-10H,1-2,5-6H2. The largest absolute Gasteiger partial charge is 0.257 e. The SMILES string of the molecule is C=CC1CNNCC1C=C. The highest BCUT2D eigenvalue weighted by molar-refractivity contribution is 4.96. The van der Waals surface area contributed by atoms with E-state index in [9.17, 15) is 0 Å². The molecule has 0 spiro atoms. The molecule has 56 valence electrons. The third-order valence-corrected chi connectivity index (χ3v) is 1.96. The third-order valence-electron chi connectivity index (χ3n) is 1.96. The van der Waals surface area contributed by atoms with E-state index in [1.54, 1.807) is 0 Å². The first-order valence-corrected chi connectivity index (χ1v) is 3.59. The first-order chi connectivity index (χ1) is 4.88. The van der Waals surface area contributed by atoms with Gasteiger partial charge in [0.25, 0.3) is 0 Å². The first-order valence-electron chi connectivity index (χ1n) is 3.59. The summed E-state index contributed by atoms with van der Waals surface area (Å²) in [5, 5.41) is 0. The zero-order chi connectivity index (χ0) is 7.40. The van der Waals surface area contributed by atoms with Gasteiger partial charge in [-0.05, 0) is 11.8 Å². The van der Waals surface area contributed by atoms with E-state index in [0.717, 1.165) is 13.1 Å². The fourth-order valence-corrected chi connectivity index (χ4v) is 1.20. The molecule has 1 fully saturated rings. The molecule has 0 bridgehead atoms. The van der Waals surface area contributed by atoms with Gasteiger partial charge in [0.2, 0.25) is 0 Å². The lowest BCUT2D eigenvalue weighted by molar-refractivity contribution is 0.317. The van der Waals surface area contributed by atoms with Crippen LogP contribution in [0.3, 0.4) is 0 Å². The van der Waals surface area contributed by atoms with Crippen molar-refractivity contribution < 1.29 is 0 Å². The first kappa shape index (κ1) is 7.51. The van der Waals surface area contributed by atoms with Crippen molar-refractivity contribution in [1.82, 2.24) is 10.9 Å². The summed E-state index contributed by atoms with van der Waals surface area (Å²) >= 11 is 0. The van der Waals surface area contributed by atoms with Gasteiger partial charge in [0.1, 0.15) is 0 Å². The molecule has 0 radical (unpaired) electrons. The van der Waals surface area contributed by atoms with Crippen LogP contribution in [0.4, 0.5) is 0 Å². The Kier molecular flexibility index (Phi) is 2.66. The van der Waals surface area contributed by atoms with Crippen LogP contribution < -0.4 is 10.9 Å². The summed E-state index contributed by atoms with van der Waals surface area (Å²) in [6.07, 6.45) is 3.97. The van der Waals surface area contributed by atoms with Gasteiger partial charge >= 0.3 is 0 Å². The summed E-state index contributed by atoms with van der Waals surface area (Å²) in [7, 11) is 0. The van der Waals surface area contributed by atoms with Crippen LogP contribution in [0.25, 0.3) is 0 Å². The molecule has 2 unspecified atom stereocenters. The Balaban J connectivity index is 2.49. The number of hydrogen-bond acceptors (Lipinski definition) is 2. The van der Waals surface area contributed by atoms with E-state index in [1.165, 1.54) is 0 Å². The molecule has 2 heteroatoms. The molecule has 2 N–H and O–H groups in total.